The van der Waals surface area contributed by atoms with Gasteiger partial charge in [-0.3, -0.25) is 0 Å². The first-order valence-corrected chi connectivity index (χ1v) is 9.63. The minimum Gasteiger partial charge on any atom is -0.420 e. The van der Waals surface area contributed by atoms with E-state index in [4.69, 9.17) is 4.42 Å². The summed E-state index contributed by atoms with van der Waals surface area (Å²) in [5.41, 5.74) is -0.569. The zero-order valence-electron chi connectivity index (χ0n) is 16.2. The smallest absolute Gasteiger partial charge is 0.418 e. The first kappa shape index (κ1) is 20.8. The van der Waals surface area contributed by atoms with Crippen LogP contribution in [0.4, 0.5) is 28.0 Å². The van der Waals surface area contributed by atoms with E-state index < -0.39 is 17.8 Å². The fraction of sp³-hybridized carbons (Fsp3) is 0.286. The Morgan fingerprint density at radius 1 is 1.03 bits per heavy atom. The number of rotatable bonds is 3. The molecule has 2 heterocycles. The third-order valence-corrected chi connectivity index (χ3v) is 5.14. The topological polar surface area (TPSA) is 71.3 Å². The second-order valence-electron chi connectivity index (χ2n) is 7.19. The number of nitrogens with zero attached hydrogens (tertiary/aromatic N) is 3. The fourth-order valence-electron chi connectivity index (χ4n) is 3.47. The van der Waals surface area contributed by atoms with Gasteiger partial charge in [-0.2, -0.15) is 13.2 Å². The van der Waals surface area contributed by atoms with Crippen molar-refractivity contribution in [2.45, 2.75) is 24.9 Å². The maximum absolute atomic E-state index is 13.1. The van der Waals surface area contributed by atoms with Gasteiger partial charge in [0.05, 0.1) is 11.3 Å². The molecule has 0 bridgehead atoms. The predicted octanol–water partition coefficient (Wildman–Crippen LogP) is 5.31. The number of alkyl halides is 3. The summed E-state index contributed by atoms with van der Waals surface area (Å²) in [5.74, 6) is 0.251. The van der Waals surface area contributed by atoms with E-state index in [9.17, 15) is 22.4 Å². The van der Waals surface area contributed by atoms with Crippen molar-refractivity contribution in [1.82, 2.24) is 15.1 Å². The Hall–Kier alpha value is -3.43. The van der Waals surface area contributed by atoms with Crippen LogP contribution in [-0.4, -0.2) is 34.2 Å². The van der Waals surface area contributed by atoms with E-state index in [1.807, 2.05) is 0 Å². The van der Waals surface area contributed by atoms with E-state index in [1.165, 1.54) is 35.2 Å². The van der Waals surface area contributed by atoms with Gasteiger partial charge in [-0.1, -0.05) is 12.1 Å². The van der Waals surface area contributed by atoms with E-state index >= 15 is 0 Å². The molecule has 1 aromatic heterocycles. The Morgan fingerprint density at radius 2 is 1.71 bits per heavy atom. The molecule has 1 aliphatic rings. The lowest BCUT2D eigenvalue weighted by atomic mass is 9.97. The highest BCUT2D eigenvalue weighted by atomic mass is 19.4. The number of nitrogens with one attached hydrogen (secondary N) is 1. The SMILES string of the molecule is O=C(Nc1ccccc1C(F)(F)F)N1CCC(c2nnc(-c3ccc(F)cc3)o2)CC1. The number of piperidine rings is 1. The number of carbonyl (C=O) groups is 1. The number of benzene rings is 2. The van der Waals surface area contributed by atoms with E-state index in [0.717, 1.165) is 6.07 Å². The van der Waals surface area contributed by atoms with Crippen LogP contribution in [0.5, 0.6) is 0 Å². The monoisotopic (exact) mass is 434 g/mol. The van der Waals surface area contributed by atoms with Gasteiger partial charge < -0.3 is 14.6 Å². The van der Waals surface area contributed by atoms with E-state index in [0.29, 0.717) is 37.4 Å². The van der Waals surface area contributed by atoms with Crippen LogP contribution >= 0.6 is 0 Å². The Balaban J connectivity index is 1.37. The van der Waals surface area contributed by atoms with Gasteiger partial charge in [-0.25, -0.2) is 9.18 Å². The summed E-state index contributed by atoms with van der Waals surface area (Å²) in [6, 6.07) is 9.95. The largest absolute Gasteiger partial charge is 0.420 e. The molecule has 1 fully saturated rings. The van der Waals surface area contributed by atoms with Crippen molar-refractivity contribution in [1.29, 1.82) is 0 Å². The lowest BCUT2D eigenvalue weighted by Crippen LogP contribution is -2.40. The average Bonchev–Trinajstić information content (AvgIpc) is 3.24. The van der Waals surface area contributed by atoms with Gasteiger partial charge in [-0.05, 0) is 49.2 Å². The van der Waals surface area contributed by atoms with Crippen molar-refractivity contribution in [2.75, 3.05) is 18.4 Å². The third-order valence-electron chi connectivity index (χ3n) is 5.14. The fourth-order valence-corrected chi connectivity index (χ4v) is 3.47. The molecule has 3 aromatic rings. The van der Waals surface area contributed by atoms with Gasteiger partial charge in [0.2, 0.25) is 11.8 Å². The minimum absolute atomic E-state index is 0.0757. The second-order valence-corrected chi connectivity index (χ2v) is 7.19. The van der Waals surface area contributed by atoms with Crippen LogP contribution < -0.4 is 5.32 Å². The van der Waals surface area contributed by atoms with Gasteiger partial charge in [0.1, 0.15) is 5.82 Å². The number of hydrogen-bond donors (Lipinski definition) is 1. The molecular formula is C21H18F4N4O2. The molecule has 0 spiro atoms. The molecule has 0 atom stereocenters. The number of amides is 2. The van der Waals surface area contributed by atoms with E-state index in [2.05, 4.69) is 15.5 Å². The summed E-state index contributed by atoms with van der Waals surface area (Å²) in [6.07, 6.45) is -3.50. The predicted molar refractivity (Wildman–Crippen MR) is 104 cm³/mol. The molecule has 0 saturated carbocycles. The molecule has 2 aromatic carbocycles. The van der Waals surface area contributed by atoms with Gasteiger partial charge in [0.15, 0.2) is 0 Å². The Kier molecular flexibility index (Phi) is 5.62. The van der Waals surface area contributed by atoms with Crippen molar-refractivity contribution < 1.29 is 26.8 Å². The van der Waals surface area contributed by atoms with Crippen LogP contribution in [0.3, 0.4) is 0 Å². The highest BCUT2D eigenvalue weighted by Gasteiger charge is 2.34. The highest BCUT2D eigenvalue weighted by molar-refractivity contribution is 5.90. The highest BCUT2D eigenvalue weighted by Crippen LogP contribution is 2.35. The number of urea groups is 1. The molecule has 1 N–H and O–H groups in total. The maximum Gasteiger partial charge on any atom is 0.418 e. The van der Waals surface area contributed by atoms with Crippen LogP contribution in [0.15, 0.2) is 52.9 Å². The molecule has 1 saturated heterocycles. The molecule has 0 unspecified atom stereocenters. The lowest BCUT2D eigenvalue weighted by Gasteiger charge is -2.30. The zero-order valence-corrected chi connectivity index (χ0v) is 16.2. The number of halogens is 4. The Labute approximate surface area is 174 Å². The number of aromatic nitrogens is 2. The Bertz CT molecular complexity index is 1060. The van der Waals surface area contributed by atoms with Gasteiger partial charge in [0.25, 0.3) is 0 Å². The average molecular weight is 434 g/mol. The molecule has 0 radical (unpaired) electrons. The standard InChI is InChI=1S/C21H18F4N4O2/c22-15-7-5-13(6-8-15)18-27-28-19(31-18)14-9-11-29(12-10-14)20(30)26-17-4-2-1-3-16(17)21(23,24)25/h1-8,14H,9-12H2,(H,26,30). The van der Waals surface area contributed by atoms with Crippen molar-refractivity contribution in [3.8, 4) is 11.5 Å². The zero-order chi connectivity index (χ0) is 22.0. The molecule has 162 valence electrons. The number of hydrogen-bond acceptors (Lipinski definition) is 4. The second kappa shape index (κ2) is 8.37. The van der Waals surface area contributed by atoms with Crippen LogP contribution in [-0.2, 0) is 6.18 Å². The van der Waals surface area contributed by atoms with Crippen LogP contribution in [0.1, 0.15) is 30.2 Å². The van der Waals surface area contributed by atoms with Crippen LogP contribution in [0.2, 0.25) is 0 Å². The molecule has 10 heteroatoms. The number of likely N-dealkylation sites (tertiary alicyclic amines) is 1. The van der Waals surface area contributed by atoms with Gasteiger partial charge in [0, 0.05) is 24.6 Å². The minimum atomic E-state index is -4.56. The number of anilines is 1. The van der Waals surface area contributed by atoms with Crippen molar-refractivity contribution in [2.24, 2.45) is 0 Å². The van der Waals surface area contributed by atoms with Crippen molar-refractivity contribution in [3.63, 3.8) is 0 Å². The summed E-state index contributed by atoms with van der Waals surface area (Å²) in [4.78, 5) is 13.9. The first-order valence-electron chi connectivity index (χ1n) is 9.63. The van der Waals surface area contributed by atoms with E-state index in [1.54, 1.807) is 12.1 Å². The summed E-state index contributed by atoms with van der Waals surface area (Å²) in [5, 5.41) is 10.4. The Morgan fingerprint density at radius 3 is 2.39 bits per heavy atom. The molecule has 0 aliphatic carbocycles. The summed E-state index contributed by atoms with van der Waals surface area (Å²) in [7, 11) is 0. The molecule has 1 aliphatic heterocycles. The first-order chi connectivity index (χ1) is 14.8. The normalized spacial score (nSPS) is 15.2. The molecule has 31 heavy (non-hydrogen) atoms. The molecule has 6 nitrogen and oxygen atoms in total. The summed E-state index contributed by atoms with van der Waals surface area (Å²) in [6.45, 7) is 0.665. The third kappa shape index (κ3) is 4.68. The van der Waals surface area contributed by atoms with Gasteiger partial charge in [-0.15, -0.1) is 10.2 Å². The molecule has 4 rings (SSSR count). The number of para-hydroxylation sites is 1. The molecule has 2 amide bonds. The van der Waals surface area contributed by atoms with Gasteiger partial charge >= 0.3 is 12.2 Å². The summed E-state index contributed by atoms with van der Waals surface area (Å²) >= 11 is 0. The number of carbonyl (C=O) groups excluding carboxylic acids is 1. The summed E-state index contributed by atoms with van der Waals surface area (Å²) < 4.78 is 58.1. The van der Waals surface area contributed by atoms with Crippen LogP contribution in [0.25, 0.3) is 11.5 Å². The van der Waals surface area contributed by atoms with E-state index in [-0.39, 0.29) is 23.3 Å². The molecular weight excluding hydrogens is 416 g/mol. The van der Waals surface area contributed by atoms with Crippen molar-refractivity contribution >= 4 is 11.7 Å². The lowest BCUT2D eigenvalue weighted by molar-refractivity contribution is -0.136. The van der Waals surface area contributed by atoms with Crippen LogP contribution in [0, 0.1) is 5.82 Å². The van der Waals surface area contributed by atoms with Crippen molar-refractivity contribution in [3.05, 3.63) is 65.8 Å². The quantitative estimate of drug-likeness (QED) is 0.568. The maximum atomic E-state index is 13.1.